The summed E-state index contributed by atoms with van der Waals surface area (Å²) in [6, 6.07) is 13.3. The topological polar surface area (TPSA) is 34.4 Å². The minimum absolute atomic E-state index is 0.291. The summed E-state index contributed by atoms with van der Waals surface area (Å²) in [5.74, 6) is -0.291. The third-order valence-corrected chi connectivity index (χ3v) is 5.92. The molecular formula is C19H16BrClN2OS. The van der Waals surface area contributed by atoms with Gasteiger partial charge >= 0.3 is 0 Å². The molecule has 1 heterocycles. The lowest BCUT2D eigenvalue weighted by molar-refractivity contribution is 0.0998. The molecule has 0 bridgehead atoms. The Hall–Kier alpha value is -1.69. The number of aryl methyl sites for hydroxylation is 2. The number of carbonyl (C=O) groups is 1. The first kappa shape index (κ1) is 18.1. The number of nitrogens with zero attached hydrogens (tertiary/aromatic N) is 2. The van der Waals surface area contributed by atoms with Crippen molar-refractivity contribution in [3.63, 3.8) is 0 Å². The monoisotopic (exact) mass is 434 g/mol. The van der Waals surface area contributed by atoms with Crippen LogP contribution in [-0.4, -0.2) is 10.5 Å². The van der Waals surface area contributed by atoms with Gasteiger partial charge in [0.1, 0.15) is 0 Å². The Bertz CT molecular complexity index is 1020. The molecule has 0 spiro atoms. The van der Waals surface area contributed by atoms with E-state index < -0.39 is 0 Å². The zero-order chi connectivity index (χ0) is 18.1. The molecule has 0 saturated heterocycles. The van der Waals surface area contributed by atoms with E-state index in [-0.39, 0.29) is 5.91 Å². The molecule has 3 aromatic rings. The molecule has 0 unspecified atom stereocenters. The van der Waals surface area contributed by atoms with Crippen molar-refractivity contribution in [2.24, 2.45) is 12.0 Å². The maximum atomic E-state index is 12.5. The number of halogens is 2. The van der Waals surface area contributed by atoms with Crippen LogP contribution in [0.25, 0.3) is 11.3 Å². The molecule has 6 heteroatoms. The molecule has 2 aromatic carbocycles. The number of carbonyl (C=O) groups excluding carboxylic acids is 1. The van der Waals surface area contributed by atoms with E-state index in [0.717, 1.165) is 26.2 Å². The van der Waals surface area contributed by atoms with E-state index in [4.69, 9.17) is 11.6 Å². The van der Waals surface area contributed by atoms with Gasteiger partial charge in [-0.05, 0) is 49.2 Å². The van der Waals surface area contributed by atoms with Gasteiger partial charge in [0.2, 0.25) is 0 Å². The van der Waals surface area contributed by atoms with Crippen LogP contribution in [0.4, 0.5) is 0 Å². The third-order valence-electron chi connectivity index (χ3n) is 3.93. The fourth-order valence-corrected chi connectivity index (χ4v) is 3.99. The first-order chi connectivity index (χ1) is 11.9. The molecule has 0 aliphatic rings. The molecule has 3 rings (SSSR count). The van der Waals surface area contributed by atoms with E-state index in [9.17, 15) is 4.79 Å². The molecule has 0 atom stereocenters. The average Bonchev–Trinajstić information content (AvgIpc) is 2.85. The predicted molar refractivity (Wildman–Crippen MR) is 107 cm³/mol. The van der Waals surface area contributed by atoms with E-state index in [2.05, 4.69) is 20.9 Å². The van der Waals surface area contributed by atoms with Crippen molar-refractivity contribution in [3.8, 4) is 11.3 Å². The fraction of sp³-hybridized carbons (Fsp3) is 0.158. The number of hydrogen-bond donors (Lipinski definition) is 0. The summed E-state index contributed by atoms with van der Waals surface area (Å²) in [5, 5.41) is 0.573. The van der Waals surface area contributed by atoms with E-state index >= 15 is 0 Å². The summed E-state index contributed by atoms with van der Waals surface area (Å²) < 4.78 is 2.99. The molecule has 0 aliphatic heterocycles. The second-order valence-corrected chi connectivity index (χ2v) is 8.24. The van der Waals surface area contributed by atoms with Crippen molar-refractivity contribution >= 4 is 44.8 Å². The lowest BCUT2D eigenvalue weighted by Gasteiger charge is -2.05. The Labute approximate surface area is 163 Å². The maximum absolute atomic E-state index is 12.5. The van der Waals surface area contributed by atoms with Gasteiger partial charge in [0.25, 0.3) is 5.91 Å². The molecular weight excluding hydrogens is 420 g/mol. The van der Waals surface area contributed by atoms with E-state index in [1.807, 2.05) is 55.8 Å². The summed E-state index contributed by atoms with van der Waals surface area (Å²) in [6.45, 7) is 3.94. The molecule has 1 aromatic heterocycles. The van der Waals surface area contributed by atoms with E-state index in [0.29, 0.717) is 15.4 Å². The number of amides is 1. The SMILES string of the molecule is Cc1ccc(C(=O)N=c2sc(C)c(-c3ccc(Br)cc3)n2C)cc1Cl. The van der Waals surface area contributed by atoms with Crippen molar-refractivity contribution in [2.45, 2.75) is 13.8 Å². The Morgan fingerprint density at radius 3 is 2.48 bits per heavy atom. The predicted octanol–water partition coefficient (Wildman–Crippen LogP) is 5.53. The summed E-state index contributed by atoms with van der Waals surface area (Å²) in [5.41, 5.74) is 3.58. The second kappa shape index (κ2) is 7.28. The van der Waals surface area contributed by atoms with Crippen molar-refractivity contribution in [3.05, 3.63) is 72.8 Å². The molecule has 0 saturated carbocycles. The van der Waals surface area contributed by atoms with Crippen LogP contribution in [0.1, 0.15) is 20.8 Å². The van der Waals surface area contributed by atoms with Crippen LogP contribution in [0.5, 0.6) is 0 Å². The van der Waals surface area contributed by atoms with Gasteiger partial charge < -0.3 is 4.57 Å². The number of rotatable bonds is 2. The molecule has 0 fully saturated rings. The van der Waals surface area contributed by atoms with Gasteiger partial charge in [-0.3, -0.25) is 4.79 Å². The highest BCUT2D eigenvalue weighted by Crippen LogP contribution is 2.26. The van der Waals surface area contributed by atoms with Gasteiger partial charge in [0, 0.05) is 27.0 Å². The lowest BCUT2D eigenvalue weighted by atomic mass is 10.1. The first-order valence-electron chi connectivity index (χ1n) is 7.64. The zero-order valence-electron chi connectivity index (χ0n) is 14.0. The highest BCUT2D eigenvalue weighted by Gasteiger charge is 2.12. The first-order valence-corrected chi connectivity index (χ1v) is 9.63. The van der Waals surface area contributed by atoms with Crippen LogP contribution >= 0.6 is 38.9 Å². The highest BCUT2D eigenvalue weighted by atomic mass is 79.9. The number of benzene rings is 2. The minimum atomic E-state index is -0.291. The lowest BCUT2D eigenvalue weighted by Crippen LogP contribution is -2.14. The fourth-order valence-electron chi connectivity index (χ4n) is 2.57. The van der Waals surface area contributed by atoms with Crippen molar-refractivity contribution in [1.29, 1.82) is 0 Å². The van der Waals surface area contributed by atoms with Crippen LogP contribution in [0.3, 0.4) is 0 Å². The summed E-state index contributed by atoms with van der Waals surface area (Å²) >= 11 is 11.1. The highest BCUT2D eigenvalue weighted by molar-refractivity contribution is 9.10. The number of aromatic nitrogens is 1. The third kappa shape index (κ3) is 3.78. The standard InChI is InChI=1S/C19H16BrClN2OS/c1-11-4-5-14(10-16(11)21)18(24)22-19-23(3)17(12(2)25-19)13-6-8-15(20)9-7-13/h4-10H,1-3H3. The molecule has 1 amide bonds. The van der Waals surface area contributed by atoms with Crippen LogP contribution in [0.2, 0.25) is 5.02 Å². The van der Waals surface area contributed by atoms with Gasteiger partial charge in [-0.15, -0.1) is 11.3 Å². The summed E-state index contributed by atoms with van der Waals surface area (Å²) in [6.07, 6.45) is 0. The van der Waals surface area contributed by atoms with Gasteiger partial charge in [0.05, 0.1) is 5.69 Å². The molecule has 0 radical (unpaired) electrons. The van der Waals surface area contributed by atoms with Crippen LogP contribution in [0.15, 0.2) is 51.9 Å². The van der Waals surface area contributed by atoms with Crippen LogP contribution in [0, 0.1) is 13.8 Å². The Kier molecular flexibility index (Phi) is 5.27. The summed E-state index contributed by atoms with van der Waals surface area (Å²) in [4.78, 5) is 18.6. The summed E-state index contributed by atoms with van der Waals surface area (Å²) in [7, 11) is 1.93. The smallest absolute Gasteiger partial charge is 0.279 e. The Morgan fingerprint density at radius 1 is 1.16 bits per heavy atom. The quantitative estimate of drug-likeness (QED) is 0.521. The second-order valence-electron chi connectivity index (χ2n) is 5.74. The molecule has 3 nitrogen and oxygen atoms in total. The van der Waals surface area contributed by atoms with E-state index in [1.54, 1.807) is 12.1 Å². The van der Waals surface area contributed by atoms with Crippen molar-refractivity contribution in [1.82, 2.24) is 4.57 Å². The number of hydrogen-bond acceptors (Lipinski definition) is 2. The van der Waals surface area contributed by atoms with Gasteiger partial charge in [-0.2, -0.15) is 4.99 Å². The van der Waals surface area contributed by atoms with Gasteiger partial charge in [-0.1, -0.05) is 45.7 Å². The number of thiazole rings is 1. The van der Waals surface area contributed by atoms with Crippen LogP contribution in [-0.2, 0) is 7.05 Å². The van der Waals surface area contributed by atoms with Gasteiger partial charge in [-0.25, -0.2) is 0 Å². The van der Waals surface area contributed by atoms with E-state index in [1.165, 1.54) is 11.3 Å². The zero-order valence-corrected chi connectivity index (χ0v) is 17.2. The Morgan fingerprint density at radius 2 is 1.84 bits per heavy atom. The van der Waals surface area contributed by atoms with Crippen molar-refractivity contribution in [2.75, 3.05) is 0 Å². The largest absolute Gasteiger partial charge is 0.319 e. The maximum Gasteiger partial charge on any atom is 0.279 e. The normalized spacial score (nSPS) is 11.8. The Balaban J connectivity index is 2.04. The molecule has 0 N–H and O–H groups in total. The van der Waals surface area contributed by atoms with Crippen LogP contribution < -0.4 is 4.80 Å². The molecule has 128 valence electrons. The van der Waals surface area contributed by atoms with Crippen molar-refractivity contribution < 1.29 is 4.79 Å². The average molecular weight is 436 g/mol. The molecule has 0 aliphatic carbocycles. The molecule has 25 heavy (non-hydrogen) atoms. The minimum Gasteiger partial charge on any atom is -0.319 e. The van der Waals surface area contributed by atoms with Gasteiger partial charge in [0.15, 0.2) is 4.80 Å².